The van der Waals surface area contributed by atoms with Gasteiger partial charge in [0.2, 0.25) is 0 Å². The Bertz CT molecular complexity index is 442. The van der Waals surface area contributed by atoms with Gasteiger partial charge in [-0.05, 0) is 30.5 Å². The molecule has 1 aromatic carbocycles. The molecule has 1 aromatic heterocycles. The van der Waals surface area contributed by atoms with Gasteiger partial charge < -0.3 is 11.1 Å². The van der Waals surface area contributed by atoms with Gasteiger partial charge in [-0.3, -0.25) is 4.98 Å². The zero-order valence-electron chi connectivity index (χ0n) is 10.4. The van der Waals surface area contributed by atoms with Crippen LogP contribution in [-0.2, 0) is 6.42 Å². The Balaban J connectivity index is 1.71. The van der Waals surface area contributed by atoms with E-state index in [1.807, 2.05) is 18.2 Å². The minimum absolute atomic E-state index is 0.196. The van der Waals surface area contributed by atoms with E-state index in [9.17, 15) is 0 Å². The van der Waals surface area contributed by atoms with Crippen LogP contribution in [0.15, 0.2) is 54.9 Å². The lowest BCUT2D eigenvalue weighted by atomic mass is 10.0. The maximum Gasteiger partial charge on any atom is 0.0371 e. The molecular weight excluding hydrogens is 222 g/mol. The fourth-order valence-electron chi connectivity index (χ4n) is 1.89. The fraction of sp³-hybridized carbons (Fsp3) is 0.267. The van der Waals surface area contributed by atoms with Crippen molar-refractivity contribution in [1.82, 2.24) is 4.98 Å². The smallest absolute Gasteiger partial charge is 0.0371 e. The van der Waals surface area contributed by atoms with Gasteiger partial charge in [-0.25, -0.2) is 0 Å². The van der Waals surface area contributed by atoms with E-state index < -0.39 is 0 Å². The number of anilines is 1. The van der Waals surface area contributed by atoms with Crippen LogP contribution < -0.4 is 11.1 Å². The van der Waals surface area contributed by atoms with E-state index in [1.165, 1.54) is 5.56 Å². The highest BCUT2D eigenvalue weighted by Gasteiger charge is 2.03. The first-order chi connectivity index (χ1) is 8.84. The Kier molecular flexibility index (Phi) is 4.73. The Morgan fingerprint density at radius 2 is 1.78 bits per heavy atom. The zero-order chi connectivity index (χ0) is 12.6. The Morgan fingerprint density at radius 3 is 2.50 bits per heavy atom. The molecule has 2 rings (SSSR count). The maximum absolute atomic E-state index is 6.12. The van der Waals surface area contributed by atoms with E-state index in [-0.39, 0.29) is 6.04 Å². The van der Waals surface area contributed by atoms with Crippen molar-refractivity contribution in [3.63, 3.8) is 0 Å². The van der Waals surface area contributed by atoms with Crippen molar-refractivity contribution in [2.75, 3.05) is 11.9 Å². The maximum atomic E-state index is 6.12. The third kappa shape index (κ3) is 4.18. The van der Waals surface area contributed by atoms with Gasteiger partial charge >= 0.3 is 0 Å². The van der Waals surface area contributed by atoms with Crippen molar-refractivity contribution in [2.45, 2.75) is 18.9 Å². The first-order valence-electron chi connectivity index (χ1n) is 6.28. The molecule has 0 aliphatic carbocycles. The molecule has 0 bridgehead atoms. The van der Waals surface area contributed by atoms with Gasteiger partial charge in [-0.2, -0.15) is 0 Å². The second-order valence-corrected chi connectivity index (χ2v) is 4.40. The standard InChI is InChI=1S/C15H19N3/c16-14(12-13-4-2-1-3-5-13)6-11-18-15-7-9-17-10-8-15/h1-5,7-10,14H,6,11-12,16H2,(H,17,18)/t14-/m1/s1. The molecule has 0 aliphatic heterocycles. The third-order valence-electron chi connectivity index (χ3n) is 2.87. The van der Waals surface area contributed by atoms with E-state index in [4.69, 9.17) is 5.73 Å². The topological polar surface area (TPSA) is 50.9 Å². The molecule has 0 spiro atoms. The number of nitrogens with two attached hydrogens (primary N) is 1. The molecule has 3 N–H and O–H groups in total. The van der Waals surface area contributed by atoms with Crippen molar-refractivity contribution in [3.05, 3.63) is 60.4 Å². The highest BCUT2D eigenvalue weighted by Crippen LogP contribution is 2.06. The van der Waals surface area contributed by atoms with Crippen LogP contribution in [0.25, 0.3) is 0 Å². The average Bonchev–Trinajstić information content (AvgIpc) is 2.41. The van der Waals surface area contributed by atoms with Crippen molar-refractivity contribution >= 4 is 5.69 Å². The van der Waals surface area contributed by atoms with Crippen LogP contribution in [0.3, 0.4) is 0 Å². The summed E-state index contributed by atoms with van der Waals surface area (Å²) in [6.45, 7) is 0.887. The number of nitrogens with one attached hydrogen (secondary N) is 1. The van der Waals surface area contributed by atoms with Crippen LogP contribution in [0.5, 0.6) is 0 Å². The molecule has 0 amide bonds. The van der Waals surface area contributed by atoms with Crippen LogP contribution in [0.4, 0.5) is 5.69 Å². The summed E-state index contributed by atoms with van der Waals surface area (Å²) in [5, 5.41) is 3.34. The molecule has 0 saturated heterocycles. The lowest BCUT2D eigenvalue weighted by Gasteiger charge is -2.12. The summed E-state index contributed by atoms with van der Waals surface area (Å²) in [4.78, 5) is 3.98. The van der Waals surface area contributed by atoms with Crippen molar-refractivity contribution in [3.8, 4) is 0 Å². The molecule has 0 unspecified atom stereocenters. The second-order valence-electron chi connectivity index (χ2n) is 4.40. The quantitative estimate of drug-likeness (QED) is 0.816. The highest BCUT2D eigenvalue weighted by atomic mass is 14.9. The monoisotopic (exact) mass is 241 g/mol. The molecule has 94 valence electrons. The largest absolute Gasteiger partial charge is 0.385 e. The molecule has 3 nitrogen and oxygen atoms in total. The zero-order valence-corrected chi connectivity index (χ0v) is 10.4. The molecule has 0 saturated carbocycles. The second kappa shape index (κ2) is 6.77. The molecule has 18 heavy (non-hydrogen) atoms. The van der Waals surface area contributed by atoms with Gasteiger partial charge in [0.1, 0.15) is 0 Å². The number of benzene rings is 1. The van der Waals surface area contributed by atoms with Crippen LogP contribution in [-0.4, -0.2) is 17.6 Å². The number of rotatable bonds is 6. The lowest BCUT2D eigenvalue weighted by Crippen LogP contribution is -2.25. The minimum atomic E-state index is 0.196. The lowest BCUT2D eigenvalue weighted by molar-refractivity contribution is 0.629. The molecule has 3 heteroatoms. The van der Waals surface area contributed by atoms with Crippen molar-refractivity contribution < 1.29 is 0 Å². The van der Waals surface area contributed by atoms with E-state index in [2.05, 4.69) is 34.6 Å². The Hall–Kier alpha value is -1.87. The molecule has 0 fully saturated rings. The SMILES string of the molecule is N[C@H](CCNc1ccncc1)Cc1ccccc1. The van der Waals surface area contributed by atoms with Gasteiger partial charge in [0.25, 0.3) is 0 Å². The van der Waals surface area contributed by atoms with Gasteiger partial charge in [0.05, 0.1) is 0 Å². The summed E-state index contributed by atoms with van der Waals surface area (Å²) >= 11 is 0. The average molecular weight is 241 g/mol. The third-order valence-corrected chi connectivity index (χ3v) is 2.87. The van der Waals surface area contributed by atoms with Gasteiger partial charge in [0, 0.05) is 30.7 Å². The van der Waals surface area contributed by atoms with Crippen molar-refractivity contribution in [2.24, 2.45) is 5.73 Å². The van der Waals surface area contributed by atoms with E-state index >= 15 is 0 Å². The Morgan fingerprint density at radius 1 is 1.06 bits per heavy atom. The van der Waals surface area contributed by atoms with E-state index in [0.717, 1.165) is 25.1 Å². The summed E-state index contributed by atoms with van der Waals surface area (Å²) < 4.78 is 0. The predicted molar refractivity (Wildman–Crippen MR) is 75.5 cm³/mol. The van der Waals surface area contributed by atoms with Gasteiger partial charge in [0.15, 0.2) is 0 Å². The minimum Gasteiger partial charge on any atom is -0.385 e. The van der Waals surface area contributed by atoms with Crippen LogP contribution in [0.1, 0.15) is 12.0 Å². The summed E-state index contributed by atoms with van der Waals surface area (Å²) in [6.07, 6.45) is 5.45. The van der Waals surface area contributed by atoms with E-state index in [1.54, 1.807) is 12.4 Å². The number of pyridine rings is 1. The number of nitrogens with zero attached hydrogens (tertiary/aromatic N) is 1. The molecular formula is C15H19N3. The molecule has 0 radical (unpaired) electrons. The van der Waals surface area contributed by atoms with Crippen LogP contribution in [0, 0.1) is 0 Å². The summed E-state index contributed by atoms with van der Waals surface area (Å²) in [5.74, 6) is 0. The van der Waals surface area contributed by atoms with Gasteiger partial charge in [-0.15, -0.1) is 0 Å². The molecule has 2 aromatic rings. The summed E-state index contributed by atoms with van der Waals surface area (Å²) in [7, 11) is 0. The van der Waals surface area contributed by atoms with Gasteiger partial charge in [-0.1, -0.05) is 30.3 Å². The molecule has 0 aliphatic rings. The number of hydrogen-bond acceptors (Lipinski definition) is 3. The number of hydrogen-bond donors (Lipinski definition) is 2. The normalized spacial score (nSPS) is 12.1. The molecule has 1 heterocycles. The van der Waals surface area contributed by atoms with Crippen LogP contribution in [0.2, 0.25) is 0 Å². The fourth-order valence-corrected chi connectivity index (χ4v) is 1.89. The van der Waals surface area contributed by atoms with Crippen LogP contribution >= 0.6 is 0 Å². The summed E-state index contributed by atoms with van der Waals surface area (Å²) in [6, 6.07) is 14.5. The first-order valence-corrected chi connectivity index (χ1v) is 6.28. The molecule has 1 atom stereocenters. The highest BCUT2D eigenvalue weighted by molar-refractivity contribution is 5.40. The van der Waals surface area contributed by atoms with Crippen molar-refractivity contribution in [1.29, 1.82) is 0 Å². The Labute approximate surface area is 108 Å². The predicted octanol–water partition coefficient (Wildman–Crippen LogP) is 2.45. The summed E-state index contributed by atoms with van der Waals surface area (Å²) in [5.41, 5.74) is 8.51. The van der Waals surface area contributed by atoms with E-state index in [0.29, 0.717) is 0 Å². The first kappa shape index (κ1) is 12.6. The number of aromatic nitrogens is 1.